The molecule has 0 aliphatic heterocycles. The third-order valence-corrected chi connectivity index (χ3v) is 2.81. The molecule has 1 N–H and O–H groups in total. The summed E-state index contributed by atoms with van der Waals surface area (Å²) in [6.07, 6.45) is 1.39. The molecule has 0 amide bonds. The summed E-state index contributed by atoms with van der Waals surface area (Å²) in [5.74, 6) is 6.74. The van der Waals surface area contributed by atoms with Gasteiger partial charge in [0.25, 0.3) is 0 Å². The van der Waals surface area contributed by atoms with Crippen LogP contribution in [0.2, 0.25) is 0 Å². The molecule has 2 aromatic carbocycles. The Kier molecular flexibility index (Phi) is 5.70. The molecule has 0 unspecified atom stereocenters. The second-order valence-electron chi connectivity index (χ2n) is 4.39. The van der Waals surface area contributed by atoms with Gasteiger partial charge in [0, 0.05) is 18.4 Å². The van der Waals surface area contributed by atoms with Crippen molar-refractivity contribution in [3.63, 3.8) is 0 Å². The highest BCUT2D eigenvalue weighted by molar-refractivity contribution is 5.39. The van der Waals surface area contributed by atoms with Crippen LogP contribution in [-0.2, 0) is 6.42 Å². The van der Waals surface area contributed by atoms with Gasteiger partial charge in [-0.15, -0.1) is 0 Å². The second-order valence-corrected chi connectivity index (χ2v) is 4.39. The van der Waals surface area contributed by atoms with E-state index in [1.807, 2.05) is 42.5 Å². The van der Waals surface area contributed by atoms with Gasteiger partial charge in [-0.3, -0.25) is 0 Å². The van der Waals surface area contributed by atoms with Crippen molar-refractivity contribution in [1.29, 1.82) is 0 Å². The first kappa shape index (κ1) is 14.2. The molecule has 0 aromatic heterocycles. The fourth-order valence-electron chi connectivity index (χ4n) is 1.82. The Morgan fingerprint density at radius 3 is 2.65 bits per heavy atom. The highest BCUT2D eigenvalue weighted by Gasteiger charge is 1.96. The van der Waals surface area contributed by atoms with E-state index in [2.05, 4.69) is 24.0 Å². The van der Waals surface area contributed by atoms with Crippen LogP contribution >= 0.6 is 0 Å². The third-order valence-electron chi connectivity index (χ3n) is 2.81. The van der Waals surface area contributed by atoms with Crippen molar-refractivity contribution in [3.05, 3.63) is 65.7 Å². The normalized spacial score (nSPS) is 9.65. The Labute approximate surface area is 120 Å². The molecule has 0 fully saturated rings. The highest BCUT2D eigenvalue weighted by Crippen LogP contribution is 2.13. The summed E-state index contributed by atoms with van der Waals surface area (Å²) in [5.41, 5.74) is 2.18. The molecule has 0 heterocycles. The van der Waals surface area contributed by atoms with Crippen LogP contribution in [0, 0.1) is 11.8 Å². The lowest BCUT2D eigenvalue weighted by Crippen LogP contribution is -2.01. The van der Waals surface area contributed by atoms with Gasteiger partial charge in [0.2, 0.25) is 0 Å². The average molecular weight is 266 g/mol. The average Bonchev–Trinajstić information content (AvgIpc) is 2.49. The summed E-state index contributed by atoms with van der Waals surface area (Å²) >= 11 is 0. The quantitative estimate of drug-likeness (QED) is 0.843. The van der Waals surface area contributed by atoms with Crippen molar-refractivity contribution in [2.24, 2.45) is 0 Å². The van der Waals surface area contributed by atoms with Gasteiger partial charge >= 0.3 is 0 Å². The molecule has 2 nitrogen and oxygen atoms in total. The SMILES string of the molecule is OCCC#Cc1cccc(OCCc2ccccc2)c1. The molecule has 0 bridgehead atoms. The molecule has 0 spiro atoms. The molecule has 0 aliphatic carbocycles. The molecule has 2 heteroatoms. The molecule has 0 radical (unpaired) electrons. The van der Waals surface area contributed by atoms with E-state index >= 15 is 0 Å². The molecular weight excluding hydrogens is 248 g/mol. The second kappa shape index (κ2) is 8.04. The van der Waals surface area contributed by atoms with Crippen molar-refractivity contribution in [3.8, 4) is 17.6 Å². The van der Waals surface area contributed by atoms with Crippen molar-refractivity contribution in [2.45, 2.75) is 12.8 Å². The molecule has 0 saturated heterocycles. The minimum Gasteiger partial charge on any atom is -0.493 e. The fourth-order valence-corrected chi connectivity index (χ4v) is 1.82. The molecular formula is C18H18O2. The standard InChI is InChI=1S/C18H18O2/c19-13-5-4-9-17-10-6-11-18(15-17)20-14-12-16-7-2-1-3-8-16/h1-3,6-8,10-11,15,19H,5,12-14H2. The van der Waals surface area contributed by atoms with Gasteiger partial charge in [-0.1, -0.05) is 48.2 Å². The monoisotopic (exact) mass is 266 g/mol. The summed E-state index contributed by atoms with van der Waals surface area (Å²) < 4.78 is 5.74. The Morgan fingerprint density at radius 2 is 1.85 bits per heavy atom. The van der Waals surface area contributed by atoms with Crippen LogP contribution in [0.1, 0.15) is 17.5 Å². The smallest absolute Gasteiger partial charge is 0.120 e. The van der Waals surface area contributed by atoms with Crippen molar-refractivity contribution < 1.29 is 9.84 Å². The summed E-state index contributed by atoms with van der Waals surface area (Å²) in [7, 11) is 0. The van der Waals surface area contributed by atoms with E-state index in [9.17, 15) is 0 Å². The Morgan fingerprint density at radius 1 is 1.00 bits per heavy atom. The minimum absolute atomic E-state index is 0.0975. The van der Waals surface area contributed by atoms with Gasteiger partial charge in [0.1, 0.15) is 5.75 Å². The molecule has 2 rings (SSSR count). The number of rotatable bonds is 5. The lowest BCUT2D eigenvalue weighted by molar-refractivity contribution is 0.305. The van der Waals surface area contributed by atoms with Crippen LogP contribution in [0.5, 0.6) is 5.75 Å². The van der Waals surface area contributed by atoms with Crippen molar-refractivity contribution >= 4 is 0 Å². The first-order valence-electron chi connectivity index (χ1n) is 6.75. The number of ether oxygens (including phenoxy) is 1. The third kappa shape index (κ3) is 4.79. The summed E-state index contributed by atoms with van der Waals surface area (Å²) in [6, 6.07) is 18.0. The van der Waals surface area contributed by atoms with Crippen LogP contribution < -0.4 is 4.74 Å². The first-order valence-corrected chi connectivity index (χ1v) is 6.75. The molecule has 0 saturated carbocycles. The van der Waals surface area contributed by atoms with Crippen LogP contribution in [0.3, 0.4) is 0 Å². The topological polar surface area (TPSA) is 29.5 Å². The van der Waals surface area contributed by atoms with E-state index in [0.29, 0.717) is 13.0 Å². The maximum atomic E-state index is 8.70. The Balaban J connectivity index is 1.87. The van der Waals surface area contributed by atoms with Gasteiger partial charge in [0.05, 0.1) is 13.2 Å². The molecule has 102 valence electrons. The van der Waals surface area contributed by atoms with Crippen LogP contribution in [0.15, 0.2) is 54.6 Å². The summed E-state index contributed by atoms with van der Waals surface area (Å²) in [6.45, 7) is 0.748. The molecule has 0 atom stereocenters. The van der Waals surface area contributed by atoms with E-state index in [4.69, 9.17) is 9.84 Å². The van der Waals surface area contributed by atoms with E-state index in [1.165, 1.54) is 5.56 Å². The van der Waals surface area contributed by atoms with E-state index < -0.39 is 0 Å². The Bertz CT molecular complexity index is 579. The van der Waals surface area contributed by atoms with Gasteiger partial charge in [-0.05, 0) is 23.8 Å². The predicted molar refractivity (Wildman–Crippen MR) is 80.7 cm³/mol. The highest BCUT2D eigenvalue weighted by atomic mass is 16.5. The van der Waals surface area contributed by atoms with Crippen molar-refractivity contribution in [1.82, 2.24) is 0 Å². The van der Waals surface area contributed by atoms with E-state index in [-0.39, 0.29) is 6.61 Å². The summed E-state index contributed by atoms with van der Waals surface area (Å²) in [4.78, 5) is 0. The number of benzene rings is 2. The van der Waals surface area contributed by atoms with E-state index in [0.717, 1.165) is 17.7 Å². The predicted octanol–water partition coefficient (Wildman–Crippen LogP) is 3.04. The lowest BCUT2D eigenvalue weighted by atomic mass is 10.2. The van der Waals surface area contributed by atoms with Gasteiger partial charge < -0.3 is 9.84 Å². The van der Waals surface area contributed by atoms with Gasteiger partial charge in [-0.2, -0.15) is 0 Å². The zero-order valence-corrected chi connectivity index (χ0v) is 11.4. The van der Waals surface area contributed by atoms with Crippen LogP contribution in [-0.4, -0.2) is 18.3 Å². The zero-order chi connectivity index (χ0) is 14.0. The fraction of sp³-hybridized carbons (Fsp3) is 0.222. The summed E-state index contributed by atoms with van der Waals surface area (Å²) in [5, 5.41) is 8.70. The lowest BCUT2D eigenvalue weighted by Gasteiger charge is -2.06. The maximum absolute atomic E-state index is 8.70. The van der Waals surface area contributed by atoms with Gasteiger partial charge in [0.15, 0.2) is 0 Å². The van der Waals surface area contributed by atoms with Crippen LogP contribution in [0.4, 0.5) is 0 Å². The minimum atomic E-state index is 0.0975. The number of hydrogen-bond donors (Lipinski definition) is 1. The maximum Gasteiger partial charge on any atom is 0.120 e. The number of aliphatic hydroxyl groups is 1. The van der Waals surface area contributed by atoms with E-state index in [1.54, 1.807) is 0 Å². The van der Waals surface area contributed by atoms with Crippen LogP contribution in [0.25, 0.3) is 0 Å². The largest absolute Gasteiger partial charge is 0.493 e. The molecule has 2 aromatic rings. The number of hydrogen-bond acceptors (Lipinski definition) is 2. The first-order chi connectivity index (χ1) is 9.88. The van der Waals surface area contributed by atoms with Crippen molar-refractivity contribution in [2.75, 3.05) is 13.2 Å². The molecule has 20 heavy (non-hydrogen) atoms. The molecule has 0 aliphatic rings. The number of aliphatic hydroxyl groups excluding tert-OH is 1. The zero-order valence-electron chi connectivity index (χ0n) is 11.4. The Hall–Kier alpha value is -2.24. The van der Waals surface area contributed by atoms with Gasteiger partial charge in [-0.25, -0.2) is 0 Å².